The molecule has 9 aromatic rings. The number of nitrogens with one attached hydrogen (secondary N) is 1. The second-order valence-corrected chi connectivity index (χ2v) is 11.2. The zero-order valence-corrected chi connectivity index (χ0v) is 22.7. The van der Waals surface area contributed by atoms with Gasteiger partial charge in [0.25, 0.3) is 0 Å². The maximum atomic E-state index is 14.1. The smallest absolute Gasteiger partial charge is 0.197 e. The second kappa shape index (κ2) is 7.43. The molecule has 41 heavy (non-hydrogen) atoms. The molecule has 4 aromatic heterocycles. The van der Waals surface area contributed by atoms with Crippen LogP contribution in [0.5, 0.6) is 0 Å². The molecule has 4 heterocycles. The van der Waals surface area contributed by atoms with Crippen LogP contribution in [0.4, 0.5) is 0 Å². The number of benzene rings is 5. The van der Waals surface area contributed by atoms with Crippen molar-refractivity contribution in [3.05, 3.63) is 105 Å². The SMILES string of the molecule is Cn1c2cc3c(=O)c4cc5c(cc4n(C)c3cc2c(=O)c2cc3[nH]c4ccccc4c3cc21)c1ccccc1n5C. The molecule has 0 amide bonds. The molecule has 0 atom stereocenters. The van der Waals surface area contributed by atoms with Gasteiger partial charge in [-0.2, -0.15) is 0 Å². The number of fused-ring (bicyclic) bond motifs is 10. The Labute approximate surface area is 232 Å². The number of pyridine rings is 2. The van der Waals surface area contributed by atoms with Crippen LogP contribution >= 0.6 is 0 Å². The van der Waals surface area contributed by atoms with Crippen LogP contribution in [0.15, 0.2) is 94.5 Å². The van der Waals surface area contributed by atoms with E-state index in [1.54, 1.807) is 0 Å². The Hall–Kier alpha value is -5.36. The molecule has 0 fully saturated rings. The zero-order chi connectivity index (χ0) is 27.7. The fourth-order valence-corrected chi connectivity index (χ4v) is 7.04. The van der Waals surface area contributed by atoms with Gasteiger partial charge in [0.15, 0.2) is 10.9 Å². The minimum atomic E-state index is -0.0346. The van der Waals surface area contributed by atoms with Gasteiger partial charge in [-0.15, -0.1) is 0 Å². The van der Waals surface area contributed by atoms with Gasteiger partial charge in [0, 0.05) is 86.3 Å². The molecule has 196 valence electrons. The third kappa shape index (κ3) is 2.71. The largest absolute Gasteiger partial charge is 0.354 e. The number of aromatic nitrogens is 4. The lowest BCUT2D eigenvalue weighted by Crippen LogP contribution is -2.13. The second-order valence-electron chi connectivity index (χ2n) is 11.2. The fraction of sp³-hybridized carbons (Fsp3) is 0.0857. The molecular formula is C35H24N4O2. The van der Waals surface area contributed by atoms with Crippen LogP contribution in [0.1, 0.15) is 0 Å². The molecule has 1 N–H and O–H groups in total. The summed E-state index contributed by atoms with van der Waals surface area (Å²) in [6.45, 7) is 0. The maximum Gasteiger partial charge on any atom is 0.197 e. The molecule has 6 heteroatoms. The average molecular weight is 533 g/mol. The number of rotatable bonds is 0. The van der Waals surface area contributed by atoms with Gasteiger partial charge in [-0.05, 0) is 48.5 Å². The molecule has 6 nitrogen and oxygen atoms in total. The normalized spacial score (nSPS) is 12.5. The molecule has 0 aliphatic rings. The van der Waals surface area contributed by atoms with Crippen molar-refractivity contribution in [3.63, 3.8) is 0 Å². The Morgan fingerprint density at radius 3 is 1.49 bits per heavy atom. The molecule has 0 unspecified atom stereocenters. The van der Waals surface area contributed by atoms with Crippen LogP contribution in [0.2, 0.25) is 0 Å². The summed E-state index contributed by atoms with van der Waals surface area (Å²) in [7, 11) is 5.99. The minimum Gasteiger partial charge on any atom is -0.354 e. The first-order valence-corrected chi connectivity index (χ1v) is 13.7. The highest BCUT2D eigenvalue weighted by molar-refractivity contribution is 6.15. The molecule has 0 saturated heterocycles. The maximum absolute atomic E-state index is 14.1. The minimum absolute atomic E-state index is 0.0261. The van der Waals surface area contributed by atoms with Crippen molar-refractivity contribution >= 4 is 87.2 Å². The van der Waals surface area contributed by atoms with Crippen molar-refractivity contribution in [1.29, 1.82) is 0 Å². The summed E-state index contributed by atoms with van der Waals surface area (Å²) >= 11 is 0. The quantitative estimate of drug-likeness (QED) is 0.214. The standard InChI is InChI=1S/C35H24N4O2/c1-37-28-11-7-5-9-19(28)21-14-31-23(15-29(21)37)35(41)25-17-32-24(16-33(25)39(31)3)34(40)22-12-27-20(13-30(22)38(32)2)18-8-4-6-10-26(18)36-27/h4-17,36H,1-3H3. The highest BCUT2D eigenvalue weighted by Crippen LogP contribution is 2.33. The number of aryl methyl sites for hydroxylation is 3. The Morgan fingerprint density at radius 1 is 0.415 bits per heavy atom. The predicted octanol–water partition coefficient (Wildman–Crippen LogP) is 6.98. The van der Waals surface area contributed by atoms with Gasteiger partial charge < -0.3 is 18.7 Å². The zero-order valence-electron chi connectivity index (χ0n) is 22.7. The van der Waals surface area contributed by atoms with Crippen molar-refractivity contribution in [2.24, 2.45) is 21.1 Å². The summed E-state index contributed by atoms with van der Waals surface area (Å²) in [5.74, 6) is 0. The number of para-hydroxylation sites is 2. The number of hydrogen-bond acceptors (Lipinski definition) is 2. The van der Waals surface area contributed by atoms with E-state index in [1.807, 2.05) is 80.3 Å². The van der Waals surface area contributed by atoms with E-state index in [4.69, 9.17) is 0 Å². The van der Waals surface area contributed by atoms with Crippen LogP contribution in [-0.4, -0.2) is 18.7 Å². The molecule has 0 radical (unpaired) electrons. The lowest BCUT2D eigenvalue weighted by Gasteiger charge is -2.15. The monoisotopic (exact) mass is 532 g/mol. The summed E-state index contributed by atoms with van der Waals surface area (Å²) in [5, 5.41) is 6.98. The van der Waals surface area contributed by atoms with E-state index in [9.17, 15) is 9.59 Å². The van der Waals surface area contributed by atoms with Crippen LogP contribution < -0.4 is 10.9 Å². The summed E-state index contributed by atoms with van der Waals surface area (Å²) < 4.78 is 6.25. The summed E-state index contributed by atoms with van der Waals surface area (Å²) in [6, 6.07) is 28.5. The molecule has 0 aliphatic heterocycles. The highest BCUT2D eigenvalue weighted by atomic mass is 16.1. The average Bonchev–Trinajstić information content (AvgIpc) is 3.51. The van der Waals surface area contributed by atoms with Gasteiger partial charge in [-0.25, -0.2) is 0 Å². The van der Waals surface area contributed by atoms with Crippen molar-refractivity contribution < 1.29 is 0 Å². The molecule has 9 rings (SSSR count). The third-order valence-corrected chi connectivity index (χ3v) is 9.19. The van der Waals surface area contributed by atoms with E-state index in [2.05, 4.69) is 44.5 Å². The van der Waals surface area contributed by atoms with E-state index >= 15 is 0 Å². The number of nitrogens with zero attached hydrogens (tertiary/aromatic N) is 3. The van der Waals surface area contributed by atoms with Crippen LogP contribution in [0.3, 0.4) is 0 Å². The molecular weight excluding hydrogens is 508 g/mol. The van der Waals surface area contributed by atoms with Crippen LogP contribution in [0, 0.1) is 0 Å². The molecule has 5 aromatic carbocycles. The summed E-state index contributed by atoms with van der Waals surface area (Å²) in [5.41, 5.74) is 7.26. The number of hydrogen-bond donors (Lipinski definition) is 1. The number of H-pyrrole nitrogens is 1. The van der Waals surface area contributed by atoms with Crippen molar-refractivity contribution in [2.45, 2.75) is 0 Å². The van der Waals surface area contributed by atoms with Crippen molar-refractivity contribution in [3.8, 4) is 0 Å². The van der Waals surface area contributed by atoms with E-state index < -0.39 is 0 Å². The first kappa shape index (κ1) is 22.5. The van der Waals surface area contributed by atoms with E-state index in [-0.39, 0.29) is 10.9 Å². The first-order valence-electron chi connectivity index (χ1n) is 13.7. The number of aromatic amines is 1. The Bertz CT molecular complexity index is 2770. The lowest BCUT2D eigenvalue weighted by atomic mass is 10.0. The predicted molar refractivity (Wildman–Crippen MR) is 170 cm³/mol. The van der Waals surface area contributed by atoms with Gasteiger partial charge in [-0.3, -0.25) is 9.59 Å². The van der Waals surface area contributed by atoms with E-state index in [0.717, 1.165) is 65.7 Å². The lowest BCUT2D eigenvalue weighted by molar-refractivity contribution is 0.993. The van der Waals surface area contributed by atoms with E-state index in [0.29, 0.717) is 21.5 Å². The van der Waals surface area contributed by atoms with E-state index in [1.165, 1.54) is 0 Å². The van der Waals surface area contributed by atoms with Gasteiger partial charge >= 0.3 is 0 Å². The van der Waals surface area contributed by atoms with Crippen LogP contribution in [0.25, 0.3) is 87.2 Å². The molecule has 0 aliphatic carbocycles. The summed E-state index contributed by atoms with van der Waals surface area (Å²) in [4.78, 5) is 31.6. The molecule has 0 spiro atoms. The van der Waals surface area contributed by atoms with Gasteiger partial charge in [0.1, 0.15) is 0 Å². The fourth-order valence-electron chi connectivity index (χ4n) is 7.04. The summed E-state index contributed by atoms with van der Waals surface area (Å²) in [6.07, 6.45) is 0. The first-order chi connectivity index (χ1) is 19.9. The third-order valence-electron chi connectivity index (χ3n) is 9.19. The Morgan fingerprint density at radius 2 is 0.854 bits per heavy atom. The Balaban J connectivity index is 1.44. The molecule has 0 bridgehead atoms. The van der Waals surface area contributed by atoms with Gasteiger partial charge in [0.2, 0.25) is 0 Å². The van der Waals surface area contributed by atoms with Gasteiger partial charge in [-0.1, -0.05) is 36.4 Å². The van der Waals surface area contributed by atoms with Crippen molar-refractivity contribution in [2.75, 3.05) is 0 Å². The highest BCUT2D eigenvalue weighted by Gasteiger charge is 2.18. The topological polar surface area (TPSA) is 64.7 Å². The van der Waals surface area contributed by atoms with Gasteiger partial charge in [0.05, 0.1) is 22.1 Å². The van der Waals surface area contributed by atoms with Crippen LogP contribution in [-0.2, 0) is 21.1 Å². The Kier molecular flexibility index (Phi) is 4.07. The molecule has 0 saturated carbocycles. The van der Waals surface area contributed by atoms with Crippen molar-refractivity contribution in [1.82, 2.24) is 18.7 Å².